The van der Waals surface area contributed by atoms with E-state index in [0.717, 1.165) is 0 Å². The van der Waals surface area contributed by atoms with E-state index < -0.39 is 0 Å². The van der Waals surface area contributed by atoms with Crippen molar-refractivity contribution < 1.29 is 14.3 Å². The molecule has 0 unspecified atom stereocenters. The molecule has 0 bridgehead atoms. The van der Waals surface area contributed by atoms with E-state index in [2.05, 4.69) is 0 Å². The van der Waals surface area contributed by atoms with Crippen LogP contribution in [0.25, 0.3) is 0 Å². The Morgan fingerprint density at radius 3 is 2.29 bits per heavy atom. The van der Waals surface area contributed by atoms with Crippen LogP contribution in [0.5, 0.6) is 0 Å². The van der Waals surface area contributed by atoms with Gasteiger partial charge in [-0.3, -0.25) is 9.59 Å². The first-order valence-electron chi connectivity index (χ1n) is 5.24. The number of rotatable bonds is 2. The van der Waals surface area contributed by atoms with E-state index in [1.807, 2.05) is 13.8 Å². The van der Waals surface area contributed by atoms with E-state index in [0.29, 0.717) is 19.4 Å². The van der Waals surface area contributed by atoms with Gasteiger partial charge in [-0.05, 0) is 18.8 Å². The average Bonchev–Trinajstić information content (AvgIpc) is 2.01. The van der Waals surface area contributed by atoms with Crippen molar-refractivity contribution in [3.63, 3.8) is 0 Å². The normalized spacial score (nSPS) is 28.9. The molecule has 0 spiro atoms. The third kappa shape index (κ3) is 2.34. The molecule has 0 amide bonds. The van der Waals surface area contributed by atoms with E-state index in [-0.39, 0.29) is 29.5 Å². The first-order chi connectivity index (χ1) is 6.56. The smallest absolute Gasteiger partial charge is 0.309 e. The second-order valence-corrected chi connectivity index (χ2v) is 4.18. The van der Waals surface area contributed by atoms with E-state index in [1.165, 1.54) is 0 Å². The van der Waals surface area contributed by atoms with Gasteiger partial charge in [0.2, 0.25) is 0 Å². The maximum Gasteiger partial charge on any atom is 0.309 e. The maximum atomic E-state index is 11.6. The Balaban J connectivity index is 2.66. The molecular formula is C11H18O3. The van der Waals surface area contributed by atoms with Gasteiger partial charge >= 0.3 is 5.97 Å². The number of ketones is 1. The highest BCUT2D eigenvalue weighted by molar-refractivity contribution is 5.83. The molecule has 1 aliphatic rings. The second-order valence-electron chi connectivity index (χ2n) is 4.18. The molecule has 0 aromatic carbocycles. The summed E-state index contributed by atoms with van der Waals surface area (Å²) in [4.78, 5) is 22.8. The Bertz CT molecular complexity index is 221. The molecule has 0 radical (unpaired) electrons. The van der Waals surface area contributed by atoms with Crippen molar-refractivity contribution in [1.29, 1.82) is 0 Å². The van der Waals surface area contributed by atoms with Crippen molar-refractivity contribution in [2.75, 3.05) is 6.61 Å². The van der Waals surface area contributed by atoms with Crippen molar-refractivity contribution in [2.45, 2.75) is 33.6 Å². The van der Waals surface area contributed by atoms with Crippen LogP contribution >= 0.6 is 0 Å². The molecule has 0 aromatic rings. The maximum absolute atomic E-state index is 11.6. The zero-order valence-electron chi connectivity index (χ0n) is 9.08. The standard InChI is InChI=1S/C11H18O3/c1-4-14-11(13)10-7(2)5-9(12)6-8(10)3/h7-8,10H,4-6H2,1-3H3/t7-,8-/m1/s1. The Labute approximate surface area is 84.8 Å². The molecule has 0 aromatic heterocycles. The summed E-state index contributed by atoms with van der Waals surface area (Å²) >= 11 is 0. The predicted molar refractivity (Wildman–Crippen MR) is 52.7 cm³/mol. The molecule has 1 fully saturated rings. The zero-order valence-corrected chi connectivity index (χ0v) is 9.08. The summed E-state index contributed by atoms with van der Waals surface area (Å²) in [6.45, 7) is 6.13. The molecule has 1 saturated carbocycles. The zero-order chi connectivity index (χ0) is 10.7. The number of hydrogen-bond donors (Lipinski definition) is 0. The van der Waals surface area contributed by atoms with Crippen LogP contribution < -0.4 is 0 Å². The van der Waals surface area contributed by atoms with Gasteiger partial charge < -0.3 is 4.74 Å². The number of esters is 1. The fourth-order valence-electron chi connectivity index (χ4n) is 2.32. The summed E-state index contributed by atoms with van der Waals surface area (Å²) in [5.74, 6) is 0.300. The largest absolute Gasteiger partial charge is 0.466 e. The minimum absolute atomic E-state index is 0.0901. The van der Waals surface area contributed by atoms with E-state index in [1.54, 1.807) is 6.92 Å². The molecule has 0 saturated heterocycles. The van der Waals surface area contributed by atoms with Gasteiger partial charge in [-0.2, -0.15) is 0 Å². The van der Waals surface area contributed by atoms with E-state index >= 15 is 0 Å². The lowest BCUT2D eigenvalue weighted by atomic mass is 9.73. The molecule has 2 atom stereocenters. The SMILES string of the molecule is CCOC(=O)C1[C@H](C)CC(=O)C[C@H]1C. The van der Waals surface area contributed by atoms with Crippen molar-refractivity contribution in [1.82, 2.24) is 0 Å². The van der Waals surface area contributed by atoms with Crippen LogP contribution in [0, 0.1) is 17.8 Å². The minimum atomic E-state index is -0.139. The lowest BCUT2D eigenvalue weighted by molar-refractivity contribution is -0.154. The van der Waals surface area contributed by atoms with Crippen LogP contribution in [-0.2, 0) is 14.3 Å². The van der Waals surface area contributed by atoms with Crippen LogP contribution in [0.15, 0.2) is 0 Å². The molecule has 1 rings (SSSR count). The summed E-state index contributed by atoms with van der Waals surface area (Å²) in [7, 11) is 0. The Morgan fingerprint density at radius 1 is 1.36 bits per heavy atom. The first-order valence-corrected chi connectivity index (χ1v) is 5.24. The molecule has 0 aliphatic heterocycles. The van der Waals surface area contributed by atoms with Crippen LogP contribution in [0.2, 0.25) is 0 Å². The number of ether oxygens (including phenoxy) is 1. The van der Waals surface area contributed by atoms with Gasteiger partial charge in [0.15, 0.2) is 0 Å². The number of hydrogen-bond acceptors (Lipinski definition) is 3. The second kappa shape index (κ2) is 4.58. The van der Waals surface area contributed by atoms with Crippen molar-refractivity contribution in [3.8, 4) is 0 Å². The van der Waals surface area contributed by atoms with Crippen molar-refractivity contribution >= 4 is 11.8 Å². The van der Waals surface area contributed by atoms with Crippen LogP contribution in [0.3, 0.4) is 0 Å². The van der Waals surface area contributed by atoms with Gasteiger partial charge in [-0.1, -0.05) is 13.8 Å². The highest BCUT2D eigenvalue weighted by Crippen LogP contribution is 2.33. The Kier molecular flexibility index (Phi) is 3.67. The molecule has 14 heavy (non-hydrogen) atoms. The van der Waals surface area contributed by atoms with Gasteiger partial charge in [-0.25, -0.2) is 0 Å². The van der Waals surface area contributed by atoms with Crippen molar-refractivity contribution in [3.05, 3.63) is 0 Å². The number of Topliss-reactive ketones (excluding diaryl/α,β-unsaturated/α-hetero) is 1. The lowest BCUT2D eigenvalue weighted by Crippen LogP contribution is -2.36. The first kappa shape index (κ1) is 11.2. The van der Waals surface area contributed by atoms with Gasteiger partial charge in [-0.15, -0.1) is 0 Å². The average molecular weight is 198 g/mol. The van der Waals surface area contributed by atoms with Gasteiger partial charge in [0, 0.05) is 12.8 Å². The minimum Gasteiger partial charge on any atom is -0.466 e. The molecule has 3 nitrogen and oxygen atoms in total. The monoisotopic (exact) mass is 198 g/mol. The molecule has 80 valence electrons. The molecule has 0 N–H and O–H groups in total. The Morgan fingerprint density at radius 2 is 1.86 bits per heavy atom. The van der Waals surface area contributed by atoms with Gasteiger partial charge in [0.05, 0.1) is 12.5 Å². The third-order valence-corrected chi connectivity index (χ3v) is 2.88. The molecule has 1 aliphatic carbocycles. The quantitative estimate of drug-likeness (QED) is 0.635. The summed E-state index contributed by atoms with van der Waals surface area (Å²) < 4.78 is 5.01. The van der Waals surface area contributed by atoms with E-state index in [9.17, 15) is 9.59 Å². The van der Waals surface area contributed by atoms with E-state index in [4.69, 9.17) is 4.74 Å². The molecule has 3 heteroatoms. The van der Waals surface area contributed by atoms with Gasteiger partial charge in [0.25, 0.3) is 0 Å². The summed E-state index contributed by atoms with van der Waals surface area (Å²) in [5, 5.41) is 0. The Hall–Kier alpha value is -0.860. The van der Waals surface area contributed by atoms with Crippen LogP contribution in [0.4, 0.5) is 0 Å². The van der Waals surface area contributed by atoms with Gasteiger partial charge in [0.1, 0.15) is 5.78 Å². The molecular weight excluding hydrogens is 180 g/mol. The van der Waals surface area contributed by atoms with Crippen molar-refractivity contribution in [2.24, 2.45) is 17.8 Å². The lowest BCUT2D eigenvalue weighted by Gasteiger charge is -2.31. The number of carbonyl (C=O) groups excluding carboxylic acids is 2. The fraction of sp³-hybridized carbons (Fsp3) is 0.818. The summed E-state index contributed by atoms with van der Waals surface area (Å²) in [6.07, 6.45) is 1.04. The fourth-order valence-corrected chi connectivity index (χ4v) is 2.32. The topological polar surface area (TPSA) is 43.4 Å². The van der Waals surface area contributed by atoms with Crippen LogP contribution in [0.1, 0.15) is 33.6 Å². The number of carbonyl (C=O) groups is 2. The third-order valence-electron chi connectivity index (χ3n) is 2.88. The summed E-state index contributed by atoms with van der Waals surface area (Å²) in [5.41, 5.74) is 0. The van der Waals surface area contributed by atoms with Crippen LogP contribution in [-0.4, -0.2) is 18.4 Å². The predicted octanol–water partition coefficient (Wildman–Crippen LogP) is 1.80. The molecule has 0 heterocycles. The highest BCUT2D eigenvalue weighted by Gasteiger charge is 2.37. The summed E-state index contributed by atoms with van der Waals surface area (Å²) in [6, 6.07) is 0. The highest BCUT2D eigenvalue weighted by atomic mass is 16.5.